The standard InChI is InChI=1S/C31H28F2N2O7/c32-31(33)24(27(31)29(38)39)15-34-28(37)25(14-26(36)41-16-18-8-2-1-3-9-18)35-30(40)42-17-23-21-12-6-4-10-19(21)20-11-5-7-13-22(20)23/h1-13,23-25,27H,14-17H2,(H,34,37)(H,35,40)(H,38,39)/t24?,25-,27?/m0/s1. The van der Waals surface area contributed by atoms with Crippen molar-refractivity contribution in [2.75, 3.05) is 13.2 Å². The van der Waals surface area contributed by atoms with E-state index in [4.69, 9.17) is 14.6 Å². The van der Waals surface area contributed by atoms with Crippen molar-refractivity contribution in [3.05, 3.63) is 95.6 Å². The summed E-state index contributed by atoms with van der Waals surface area (Å²) in [5, 5.41) is 13.5. The second-order valence-electron chi connectivity index (χ2n) is 10.2. The van der Waals surface area contributed by atoms with Gasteiger partial charge in [-0.25, -0.2) is 13.6 Å². The summed E-state index contributed by atoms with van der Waals surface area (Å²) < 4.78 is 38.3. The van der Waals surface area contributed by atoms with Crippen LogP contribution in [0.5, 0.6) is 0 Å². The van der Waals surface area contributed by atoms with Gasteiger partial charge in [-0.2, -0.15) is 0 Å². The van der Waals surface area contributed by atoms with Crippen LogP contribution in [0, 0.1) is 11.8 Å². The predicted molar refractivity (Wildman–Crippen MR) is 145 cm³/mol. The number of hydrogen-bond donors (Lipinski definition) is 3. The van der Waals surface area contributed by atoms with E-state index in [2.05, 4.69) is 10.6 Å². The number of rotatable bonds is 11. The van der Waals surface area contributed by atoms with E-state index < -0.39 is 60.7 Å². The van der Waals surface area contributed by atoms with E-state index in [-0.39, 0.29) is 19.1 Å². The number of benzene rings is 3. The molecule has 218 valence electrons. The van der Waals surface area contributed by atoms with Crippen LogP contribution in [-0.4, -0.2) is 54.2 Å². The number of ether oxygens (including phenoxy) is 2. The number of amides is 2. The molecule has 0 spiro atoms. The third-order valence-corrected chi connectivity index (χ3v) is 7.53. The Morgan fingerprint density at radius 2 is 1.45 bits per heavy atom. The van der Waals surface area contributed by atoms with Gasteiger partial charge in [-0.1, -0.05) is 78.9 Å². The summed E-state index contributed by atoms with van der Waals surface area (Å²) in [4.78, 5) is 49.4. The smallest absolute Gasteiger partial charge is 0.407 e. The van der Waals surface area contributed by atoms with Gasteiger partial charge in [0.1, 0.15) is 25.2 Å². The van der Waals surface area contributed by atoms with Gasteiger partial charge in [0.2, 0.25) is 5.91 Å². The lowest BCUT2D eigenvalue weighted by molar-refractivity contribution is -0.147. The van der Waals surface area contributed by atoms with Crippen LogP contribution < -0.4 is 10.6 Å². The molecule has 3 aromatic carbocycles. The average molecular weight is 579 g/mol. The quantitative estimate of drug-likeness (QED) is 0.292. The largest absolute Gasteiger partial charge is 0.481 e. The van der Waals surface area contributed by atoms with Gasteiger partial charge >= 0.3 is 18.0 Å². The first-order valence-electron chi connectivity index (χ1n) is 13.4. The SMILES string of the molecule is O=C(C[C@H](NC(=O)OCC1c2ccccc2-c2ccccc21)C(=O)NCC1C(C(=O)O)C1(F)F)OCc1ccccc1. The molecule has 2 unspecified atom stereocenters. The molecule has 3 N–H and O–H groups in total. The molecular weight excluding hydrogens is 550 g/mol. The summed E-state index contributed by atoms with van der Waals surface area (Å²) in [5.74, 6) is -10.7. The van der Waals surface area contributed by atoms with Crippen LogP contribution in [0.25, 0.3) is 11.1 Å². The Balaban J connectivity index is 1.22. The Labute approximate surface area is 239 Å². The lowest BCUT2D eigenvalue weighted by Crippen LogP contribution is -2.49. The Kier molecular flexibility index (Phi) is 8.19. The molecule has 1 fully saturated rings. The first-order chi connectivity index (χ1) is 20.2. The van der Waals surface area contributed by atoms with Crippen molar-refractivity contribution in [1.82, 2.24) is 10.6 Å². The third-order valence-electron chi connectivity index (χ3n) is 7.53. The van der Waals surface area contributed by atoms with Crippen LogP contribution in [0.1, 0.15) is 29.0 Å². The number of alkyl halides is 2. The Morgan fingerprint density at radius 3 is 2.05 bits per heavy atom. The maximum atomic E-state index is 13.8. The van der Waals surface area contributed by atoms with Gasteiger partial charge in [-0.15, -0.1) is 0 Å². The average Bonchev–Trinajstić information content (AvgIpc) is 3.40. The normalized spacial score (nSPS) is 18.6. The second-order valence-corrected chi connectivity index (χ2v) is 10.2. The van der Waals surface area contributed by atoms with Gasteiger partial charge in [0.05, 0.1) is 12.3 Å². The lowest BCUT2D eigenvalue weighted by atomic mass is 9.98. The summed E-state index contributed by atoms with van der Waals surface area (Å²) in [7, 11) is 0. The number of hydrogen-bond acceptors (Lipinski definition) is 6. The van der Waals surface area contributed by atoms with E-state index in [9.17, 15) is 28.0 Å². The predicted octanol–water partition coefficient (Wildman–Crippen LogP) is 4.11. The van der Waals surface area contributed by atoms with Crippen molar-refractivity contribution in [3.8, 4) is 11.1 Å². The van der Waals surface area contributed by atoms with Crippen molar-refractivity contribution in [1.29, 1.82) is 0 Å². The van der Waals surface area contributed by atoms with Crippen molar-refractivity contribution >= 4 is 23.9 Å². The van der Waals surface area contributed by atoms with E-state index in [1.165, 1.54) is 0 Å². The Hall–Kier alpha value is -4.80. The van der Waals surface area contributed by atoms with Crippen molar-refractivity contribution in [2.24, 2.45) is 11.8 Å². The van der Waals surface area contributed by atoms with E-state index in [1.54, 1.807) is 30.3 Å². The molecule has 5 rings (SSSR count). The molecule has 0 aromatic heterocycles. The summed E-state index contributed by atoms with van der Waals surface area (Å²) in [6.07, 6.45) is -1.60. The molecule has 2 aliphatic rings. The molecule has 9 nitrogen and oxygen atoms in total. The highest BCUT2D eigenvalue weighted by atomic mass is 19.3. The maximum absolute atomic E-state index is 13.8. The molecule has 0 saturated heterocycles. The van der Waals surface area contributed by atoms with Gasteiger partial charge < -0.3 is 25.2 Å². The number of carboxylic acids is 1. The highest BCUT2D eigenvalue weighted by Crippen LogP contribution is 2.54. The molecule has 0 heterocycles. The molecule has 2 amide bonds. The zero-order valence-corrected chi connectivity index (χ0v) is 22.3. The molecule has 42 heavy (non-hydrogen) atoms. The van der Waals surface area contributed by atoms with Crippen molar-refractivity contribution in [2.45, 2.75) is 30.9 Å². The van der Waals surface area contributed by atoms with Crippen LogP contribution in [0.4, 0.5) is 13.6 Å². The molecular formula is C31H28F2N2O7. The van der Waals surface area contributed by atoms with E-state index in [0.717, 1.165) is 22.3 Å². The molecule has 11 heteroatoms. The number of nitrogens with one attached hydrogen (secondary N) is 2. The Bertz CT molecular complexity index is 1450. The number of carbonyl (C=O) groups is 4. The van der Waals surface area contributed by atoms with Crippen LogP contribution in [-0.2, 0) is 30.5 Å². The first-order valence-corrected chi connectivity index (χ1v) is 13.4. The zero-order chi connectivity index (χ0) is 29.9. The fourth-order valence-corrected chi connectivity index (χ4v) is 5.27. The van der Waals surface area contributed by atoms with E-state index >= 15 is 0 Å². The second kappa shape index (κ2) is 12.0. The number of carboxylic acid groups (broad SMARTS) is 1. The van der Waals surface area contributed by atoms with Gasteiger partial charge in [0, 0.05) is 12.5 Å². The number of halogens is 2. The molecule has 1 saturated carbocycles. The van der Waals surface area contributed by atoms with Crippen LogP contribution in [0.15, 0.2) is 78.9 Å². The summed E-state index contributed by atoms with van der Waals surface area (Å²) in [6, 6.07) is 22.7. The highest BCUT2D eigenvalue weighted by Gasteiger charge is 2.72. The molecule has 0 aliphatic heterocycles. The van der Waals surface area contributed by atoms with Crippen LogP contribution in [0.3, 0.4) is 0 Å². The summed E-state index contributed by atoms with van der Waals surface area (Å²) in [6.45, 7) is -0.778. The monoisotopic (exact) mass is 578 g/mol. The third kappa shape index (κ3) is 6.09. The number of fused-ring (bicyclic) bond motifs is 3. The number of aliphatic carboxylic acids is 1. The number of carbonyl (C=O) groups excluding carboxylic acids is 3. The van der Waals surface area contributed by atoms with Crippen LogP contribution >= 0.6 is 0 Å². The van der Waals surface area contributed by atoms with Gasteiger partial charge in [-0.05, 0) is 27.8 Å². The molecule has 0 radical (unpaired) electrons. The summed E-state index contributed by atoms with van der Waals surface area (Å²) >= 11 is 0. The van der Waals surface area contributed by atoms with Gasteiger partial charge in [-0.3, -0.25) is 14.4 Å². The lowest BCUT2D eigenvalue weighted by Gasteiger charge is -2.19. The molecule has 0 bridgehead atoms. The fraction of sp³-hybridized carbons (Fsp3) is 0.290. The van der Waals surface area contributed by atoms with Gasteiger partial charge in [0.25, 0.3) is 5.92 Å². The zero-order valence-electron chi connectivity index (χ0n) is 22.3. The van der Waals surface area contributed by atoms with E-state index in [1.807, 2.05) is 48.5 Å². The molecule has 3 aromatic rings. The van der Waals surface area contributed by atoms with Crippen LogP contribution in [0.2, 0.25) is 0 Å². The number of esters is 1. The van der Waals surface area contributed by atoms with Gasteiger partial charge in [0.15, 0.2) is 0 Å². The minimum Gasteiger partial charge on any atom is -0.481 e. The number of alkyl carbamates (subject to hydrolysis) is 1. The molecule has 2 aliphatic carbocycles. The highest BCUT2D eigenvalue weighted by molar-refractivity contribution is 5.90. The molecule has 3 atom stereocenters. The fourth-order valence-electron chi connectivity index (χ4n) is 5.27. The minimum atomic E-state index is -3.47. The topological polar surface area (TPSA) is 131 Å². The minimum absolute atomic E-state index is 0.0543. The maximum Gasteiger partial charge on any atom is 0.407 e. The van der Waals surface area contributed by atoms with Crippen molar-refractivity contribution in [3.63, 3.8) is 0 Å². The first kappa shape index (κ1) is 28.7. The Morgan fingerprint density at radius 1 is 0.857 bits per heavy atom. The van der Waals surface area contributed by atoms with E-state index in [0.29, 0.717) is 5.56 Å². The van der Waals surface area contributed by atoms with Crippen molar-refractivity contribution < 1.29 is 42.5 Å². The summed E-state index contributed by atoms with van der Waals surface area (Å²) in [5.41, 5.74) is 4.70.